The monoisotopic (exact) mass is 271 g/mol. The average molecular weight is 271 g/mol. The minimum absolute atomic E-state index is 0.0558. The molecule has 0 aliphatic carbocycles. The summed E-state index contributed by atoms with van der Waals surface area (Å²) >= 11 is 0. The van der Waals surface area contributed by atoms with Crippen molar-refractivity contribution >= 4 is 10.8 Å². The molecule has 0 saturated carbocycles. The van der Waals surface area contributed by atoms with Crippen LogP contribution in [0.4, 0.5) is 0 Å². The summed E-state index contributed by atoms with van der Waals surface area (Å²) < 4.78 is 17.0. The highest BCUT2D eigenvalue weighted by Crippen LogP contribution is 2.13. The van der Waals surface area contributed by atoms with Crippen LogP contribution in [-0.2, 0) is 17.3 Å². The number of rotatable bonds is 7. The zero-order chi connectivity index (χ0) is 13.5. The molecule has 1 rings (SSSR count). The number of aliphatic hydroxyl groups is 1. The lowest BCUT2D eigenvalue weighted by atomic mass is 10.2. The first-order valence-electron chi connectivity index (χ1n) is 6.00. The van der Waals surface area contributed by atoms with Crippen molar-refractivity contribution in [3.63, 3.8) is 0 Å². The van der Waals surface area contributed by atoms with Gasteiger partial charge in [-0.15, -0.1) is 0 Å². The molecule has 0 bridgehead atoms. The van der Waals surface area contributed by atoms with Crippen molar-refractivity contribution < 1.29 is 14.1 Å². The molecular formula is C13H21NO3S. The topological polar surface area (TPSA) is 72.5 Å². The van der Waals surface area contributed by atoms with Gasteiger partial charge in [-0.05, 0) is 17.7 Å². The summed E-state index contributed by atoms with van der Waals surface area (Å²) in [4.78, 5) is 0. The number of aliphatic hydroxyl groups excluding tert-OH is 1. The van der Waals surface area contributed by atoms with E-state index in [1.165, 1.54) is 0 Å². The summed E-state index contributed by atoms with van der Waals surface area (Å²) in [5.41, 5.74) is 6.51. The van der Waals surface area contributed by atoms with Gasteiger partial charge in [0.2, 0.25) is 0 Å². The second-order valence-electron chi connectivity index (χ2n) is 4.41. The Bertz CT molecular complexity index is 396. The van der Waals surface area contributed by atoms with E-state index in [-0.39, 0.29) is 17.6 Å². The minimum atomic E-state index is -1.02. The number of ether oxygens (including phenoxy) is 1. The van der Waals surface area contributed by atoms with Gasteiger partial charge >= 0.3 is 0 Å². The number of benzene rings is 1. The van der Waals surface area contributed by atoms with Crippen LogP contribution in [-0.4, -0.2) is 33.0 Å². The highest BCUT2D eigenvalue weighted by Gasteiger charge is 2.13. The van der Waals surface area contributed by atoms with Gasteiger partial charge < -0.3 is 15.6 Å². The Labute approximate surface area is 111 Å². The molecule has 102 valence electrons. The molecule has 0 fully saturated rings. The third kappa shape index (κ3) is 5.16. The van der Waals surface area contributed by atoms with Crippen LogP contribution in [0.2, 0.25) is 0 Å². The zero-order valence-electron chi connectivity index (χ0n) is 10.8. The Kier molecular flexibility index (Phi) is 6.32. The quantitative estimate of drug-likeness (QED) is 0.777. The van der Waals surface area contributed by atoms with Crippen LogP contribution in [0.1, 0.15) is 19.4 Å². The minimum Gasteiger partial charge on any atom is -0.491 e. The molecule has 0 radical (unpaired) electrons. The molecule has 3 N–H and O–H groups in total. The number of hydrogen-bond acceptors (Lipinski definition) is 4. The standard InChI is InChI=1S/C13H21NO3S/c1-10(2)18(16)9-12(15)8-17-13-5-3-4-11(6-13)7-14/h3-6,10,12,15H,7-9,14H2,1-2H3. The Morgan fingerprint density at radius 1 is 1.44 bits per heavy atom. The zero-order valence-corrected chi connectivity index (χ0v) is 11.7. The van der Waals surface area contributed by atoms with E-state index in [0.29, 0.717) is 12.3 Å². The molecule has 0 aliphatic rings. The predicted octanol–water partition coefficient (Wildman–Crippen LogP) is 1.04. The van der Waals surface area contributed by atoms with Crippen molar-refractivity contribution in [3.8, 4) is 5.75 Å². The van der Waals surface area contributed by atoms with Gasteiger partial charge in [-0.3, -0.25) is 4.21 Å². The Morgan fingerprint density at radius 2 is 2.17 bits per heavy atom. The van der Waals surface area contributed by atoms with E-state index in [4.69, 9.17) is 10.5 Å². The highest BCUT2D eigenvalue weighted by molar-refractivity contribution is 7.85. The molecule has 1 aromatic carbocycles. The maximum Gasteiger partial charge on any atom is 0.119 e. The summed E-state index contributed by atoms with van der Waals surface area (Å²) in [7, 11) is -1.02. The summed E-state index contributed by atoms with van der Waals surface area (Å²) in [6, 6.07) is 7.42. The maximum atomic E-state index is 11.5. The van der Waals surface area contributed by atoms with Crippen molar-refractivity contribution in [2.24, 2.45) is 5.73 Å². The van der Waals surface area contributed by atoms with Crippen LogP contribution in [0, 0.1) is 0 Å². The van der Waals surface area contributed by atoms with Crippen LogP contribution in [0.25, 0.3) is 0 Å². The Balaban J connectivity index is 2.42. The SMILES string of the molecule is CC(C)S(=O)CC(O)COc1cccc(CN)c1. The van der Waals surface area contributed by atoms with Crippen LogP contribution >= 0.6 is 0 Å². The second-order valence-corrected chi connectivity index (χ2v) is 6.45. The van der Waals surface area contributed by atoms with Gasteiger partial charge in [0.1, 0.15) is 12.4 Å². The van der Waals surface area contributed by atoms with Crippen molar-refractivity contribution in [2.75, 3.05) is 12.4 Å². The Morgan fingerprint density at radius 3 is 2.78 bits per heavy atom. The number of hydrogen-bond donors (Lipinski definition) is 2. The largest absolute Gasteiger partial charge is 0.491 e. The van der Waals surface area contributed by atoms with Crippen LogP contribution < -0.4 is 10.5 Å². The lowest BCUT2D eigenvalue weighted by molar-refractivity contribution is 0.125. The predicted molar refractivity (Wildman–Crippen MR) is 74.0 cm³/mol. The van der Waals surface area contributed by atoms with E-state index in [1.807, 2.05) is 38.1 Å². The first-order chi connectivity index (χ1) is 8.52. The fourth-order valence-corrected chi connectivity index (χ4v) is 2.25. The van der Waals surface area contributed by atoms with Gasteiger partial charge in [0, 0.05) is 22.6 Å². The molecule has 0 saturated heterocycles. The molecule has 2 atom stereocenters. The van der Waals surface area contributed by atoms with Gasteiger partial charge in [-0.2, -0.15) is 0 Å². The first kappa shape index (κ1) is 15.1. The molecule has 0 aromatic heterocycles. The summed E-state index contributed by atoms with van der Waals surface area (Å²) in [5, 5.41) is 9.77. The van der Waals surface area contributed by atoms with Crippen molar-refractivity contribution in [1.82, 2.24) is 0 Å². The third-order valence-corrected chi connectivity index (χ3v) is 4.22. The molecule has 0 aliphatic heterocycles. The van der Waals surface area contributed by atoms with Gasteiger partial charge in [-0.1, -0.05) is 26.0 Å². The van der Waals surface area contributed by atoms with Crippen molar-refractivity contribution in [3.05, 3.63) is 29.8 Å². The number of nitrogens with two attached hydrogens (primary N) is 1. The van der Waals surface area contributed by atoms with Gasteiger partial charge in [0.15, 0.2) is 0 Å². The first-order valence-corrected chi connectivity index (χ1v) is 7.38. The molecule has 18 heavy (non-hydrogen) atoms. The lowest BCUT2D eigenvalue weighted by Crippen LogP contribution is -2.27. The smallest absolute Gasteiger partial charge is 0.119 e. The van der Waals surface area contributed by atoms with E-state index >= 15 is 0 Å². The normalized spacial score (nSPS) is 14.5. The third-order valence-electron chi connectivity index (χ3n) is 2.46. The summed E-state index contributed by atoms with van der Waals surface area (Å²) in [6.45, 7) is 4.34. The highest BCUT2D eigenvalue weighted by atomic mass is 32.2. The molecule has 5 heteroatoms. The molecule has 1 aromatic rings. The maximum absolute atomic E-state index is 11.5. The van der Waals surface area contributed by atoms with Gasteiger partial charge in [0.05, 0.1) is 11.9 Å². The summed E-state index contributed by atoms with van der Waals surface area (Å²) in [5.74, 6) is 0.918. The lowest BCUT2D eigenvalue weighted by Gasteiger charge is -2.13. The Hall–Kier alpha value is -0.910. The van der Waals surface area contributed by atoms with E-state index < -0.39 is 16.9 Å². The molecular weight excluding hydrogens is 250 g/mol. The molecule has 0 amide bonds. The van der Waals surface area contributed by atoms with Crippen molar-refractivity contribution in [2.45, 2.75) is 31.7 Å². The van der Waals surface area contributed by atoms with Crippen LogP contribution in [0.5, 0.6) is 5.75 Å². The van der Waals surface area contributed by atoms with Crippen molar-refractivity contribution in [1.29, 1.82) is 0 Å². The van der Waals surface area contributed by atoms with E-state index in [2.05, 4.69) is 0 Å². The molecule has 0 spiro atoms. The average Bonchev–Trinajstić information content (AvgIpc) is 2.36. The van der Waals surface area contributed by atoms with E-state index in [0.717, 1.165) is 5.56 Å². The fraction of sp³-hybridized carbons (Fsp3) is 0.538. The fourth-order valence-electron chi connectivity index (χ4n) is 1.38. The molecule has 4 nitrogen and oxygen atoms in total. The van der Waals surface area contributed by atoms with E-state index in [1.54, 1.807) is 0 Å². The van der Waals surface area contributed by atoms with Crippen LogP contribution in [0.3, 0.4) is 0 Å². The molecule has 0 heterocycles. The molecule has 2 unspecified atom stereocenters. The van der Waals surface area contributed by atoms with Crippen LogP contribution in [0.15, 0.2) is 24.3 Å². The van der Waals surface area contributed by atoms with Gasteiger partial charge in [-0.25, -0.2) is 0 Å². The summed E-state index contributed by atoms with van der Waals surface area (Å²) in [6.07, 6.45) is -0.713. The second kappa shape index (κ2) is 7.51. The van der Waals surface area contributed by atoms with E-state index in [9.17, 15) is 9.32 Å². The van der Waals surface area contributed by atoms with Gasteiger partial charge in [0.25, 0.3) is 0 Å².